The van der Waals surface area contributed by atoms with Crippen molar-refractivity contribution >= 4 is 11.6 Å². The highest BCUT2D eigenvalue weighted by Crippen LogP contribution is 2.24. The van der Waals surface area contributed by atoms with Crippen LogP contribution in [0.15, 0.2) is 0 Å². The number of rotatable bonds is 16. The number of Topliss-reactive ketones (excluding diaryl/α,β-unsaturated/α-hetero) is 2. The first-order valence-electron chi connectivity index (χ1n) is 10.8. The molecule has 0 aliphatic heterocycles. The van der Waals surface area contributed by atoms with Crippen LogP contribution in [-0.2, 0) is 19.1 Å². The Balaban J connectivity index is 4.36. The maximum atomic E-state index is 12.5. The van der Waals surface area contributed by atoms with Crippen molar-refractivity contribution in [3.05, 3.63) is 0 Å². The molecule has 0 aromatic heterocycles. The Morgan fingerprint density at radius 1 is 0.852 bits per heavy atom. The predicted octanol–water partition coefficient (Wildman–Crippen LogP) is 5.76. The van der Waals surface area contributed by atoms with Crippen molar-refractivity contribution in [2.75, 3.05) is 13.2 Å². The van der Waals surface area contributed by atoms with Crippen LogP contribution >= 0.6 is 0 Å². The van der Waals surface area contributed by atoms with E-state index < -0.39 is 11.2 Å². The summed E-state index contributed by atoms with van der Waals surface area (Å²) in [5.74, 6) is 0.670. The van der Waals surface area contributed by atoms with E-state index in [2.05, 4.69) is 20.8 Å². The molecule has 0 N–H and O–H groups in total. The average Bonchev–Trinajstić information content (AvgIpc) is 2.56. The lowest BCUT2D eigenvalue weighted by atomic mass is 9.89. The van der Waals surface area contributed by atoms with Crippen molar-refractivity contribution < 1.29 is 19.1 Å². The van der Waals surface area contributed by atoms with Gasteiger partial charge in [0.2, 0.25) is 0 Å². The second-order valence-electron chi connectivity index (χ2n) is 9.10. The molecule has 0 amide bonds. The molecule has 0 heterocycles. The summed E-state index contributed by atoms with van der Waals surface area (Å²) in [6.45, 7) is 16.8. The van der Waals surface area contributed by atoms with E-state index in [1.807, 2.05) is 34.6 Å². The maximum absolute atomic E-state index is 12.5. The van der Waals surface area contributed by atoms with E-state index in [9.17, 15) is 9.59 Å². The van der Waals surface area contributed by atoms with Crippen molar-refractivity contribution in [1.29, 1.82) is 0 Å². The van der Waals surface area contributed by atoms with Crippen LogP contribution in [-0.4, -0.2) is 36.0 Å². The molecule has 0 aliphatic carbocycles. The van der Waals surface area contributed by atoms with E-state index >= 15 is 0 Å². The molecule has 2 atom stereocenters. The van der Waals surface area contributed by atoms with Crippen LogP contribution in [0.25, 0.3) is 0 Å². The lowest BCUT2D eigenvalue weighted by Crippen LogP contribution is -2.35. The fourth-order valence-corrected chi connectivity index (χ4v) is 3.20. The van der Waals surface area contributed by atoms with Gasteiger partial charge < -0.3 is 9.47 Å². The molecule has 2 unspecified atom stereocenters. The van der Waals surface area contributed by atoms with Crippen LogP contribution in [0, 0.1) is 11.8 Å². The molecule has 0 saturated carbocycles. The summed E-state index contributed by atoms with van der Waals surface area (Å²) < 4.78 is 11.9. The zero-order valence-corrected chi connectivity index (χ0v) is 19.2. The molecule has 0 aliphatic rings. The van der Waals surface area contributed by atoms with E-state index in [4.69, 9.17) is 9.47 Å². The molecule has 0 bridgehead atoms. The van der Waals surface area contributed by atoms with Crippen molar-refractivity contribution in [3.8, 4) is 0 Å². The zero-order chi connectivity index (χ0) is 21.1. The molecule has 0 aromatic carbocycles. The maximum Gasteiger partial charge on any atom is 0.161 e. The largest absolute Gasteiger partial charge is 0.375 e. The summed E-state index contributed by atoms with van der Waals surface area (Å²) in [6.07, 6.45) is 5.93. The summed E-state index contributed by atoms with van der Waals surface area (Å²) in [5, 5.41) is 0. The van der Waals surface area contributed by atoms with Gasteiger partial charge in [0.1, 0.15) is 12.4 Å². The van der Waals surface area contributed by atoms with Crippen LogP contribution in [0.1, 0.15) is 100 Å². The van der Waals surface area contributed by atoms with E-state index in [0.717, 1.165) is 32.1 Å². The quantitative estimate of drug-likeness (QED) is 0.339. The number of hydrogen-bond acceptors (Lipinski definition) is 4. The minimum absolute atomic E-state index is 0.0571. The third-order valence-electron chi connectivity index (χ3n) is 5.26. The Labute approximate surface area is 167 Å². The molecule has 0 radical (unpaired) electrons. The Kier molecular flexibility index (Phi) is 12.3. The molecule has 0 aromatic rings. The monoisotopic (exact) mass is 384 g/mol. The van der Waals surface area contributed by atoms with Gasteiger partial charge in [-0.15, -0.1) is 0 Å². The van der Waals surface area contributed by atoms with Gasteiger partial charge in [-0.3, -0.25) is 9.59 Å². The van der Waals surface area contributed by atoms with Gasteiger partial charge in [0, 0.05) is 18.3 Å². The highest BCUT2D eigenvalue weighted by molar-refractivity contribution is 5.82. The number of carbonyl (C=O) groups excluding carboxylic acids is 2. The number of ketones is 2. The van der Waals surface area contributed by atoms with E-state index in [1.165, 1.54) is 0 Å². The summed E-state index contributed by atoms with van der Waals surface area (Å²) in [7, 11) is 0. The second kappa shape index (κ2) is 12.7. The van der Waals surface area contributed by atoms with Crippen LogP contribution in [0.3, 0.4) is 0 Å². The SMILES string of the molecule is CCCC(C)C(=O)COC(C)(C)CCOC(C)(C)CC(=O)C(CC)CCC. The molecule has 0 rings (SSSR count). The minimum Gasteiger partial charge on any atom is -0.375 e. The summed E-state index contributed by atoms with van der Waals surface area (Å²) in [4.78, 5) is 24.6. The van der Waals surface area contributed by atoms with Crippen molar-refractivity contribution in [2.45, 2.75) is 112 Å². The van der Waals surface area contributed by atoms with E-state index in [-0.39, 0.29) is 24.2 Å². The summed E-state index contributed by atoms with van der Waals surface area (Å²) >= 11 is 0. The van der Waals surface area contributed by atoms with Crippen molar-refractivity contribution in [3.63, 3.8) is 0 Å². The van der Waals surface area contributed by atoms with Gasteiger partial charge in [0.05, 0.1) is 17.8 Å². The number of ether oxygens (including phenoxy) is 2. The smallest absolute Gasteiger partial charge is 0.161 e. The first kappa shape index (κ1) is 26.3. The highest BCUT2D eigenvalue weighted by atomic mass is 16.5. The molecular formula is C23H44O4. The molecule has 160 valence electrons. The third-order valence-corrected chi connectivity index (χ3v) is 5.26. The van der Waals surface area contributed by atoms with Crippen molar-refractivity contribution in [1.82, 2.24) is 0 Å². The Morgan fingerprint density at radius 3 is 1.96 bits per heavy atom. The van der Waals surface area contributed by atoms with Crippen LogP contribution < -0.4 is 0 Å². The Hall–Kier alpha value is -0.740. The first-order chi connectivity index (χ1) is 12.5. The topological polar surface area (TPSA) is 52.6 Å². The summed E-state index contributed by atoms with van der Waals surface area (Å²) in [6, 6.07) is 0. The lowest BCUT2D eigenvalue weighted by Gasteiger charge is -2.30. The predicted molar refractivity (Wildman–Crippen MR) is 112 cm³/mol. The molecule has 4 heteroatoms. The third kappa shape index (κ3) is 11.6. The molecular weight excluding hydrogens is 340 g/mol. The van der Waals surface area contributed by atoms with Gasteiger partial charge in [-0.05, 0) is 53.4 Å². The number of carbonyl (C=O) groups is 2. The van der Waals surface area contributed by atoms with E-state index in [0.29, 0.717) is 25.2 Å². The van der Waals surface area contributed by atoms with Crippen LogP contribution in [0.2, 0.25) is 0 Å². The standard InChI is InChI=1S/C23H44O4/c1-9-12-18(4)21(25)17-27-22(5,6)14-15-26-23(7,8)16-20(24)19(11-3)13-10-2/h18-19H,9-17H2,1-8H3. The van der Waals surface area contributed by atoms with Gasteiger partial charge in [0.25, 0.3) is 0 Å². The Morgan fingerprint density at radius 2 is 1.44 bits per heavy atom. The molecule has 0 fully saturated rings. The van der Waals surface area contributed by atoms with E-state index in [1.54, 1.807) is 0 Å². The molecule has 4 nitrogen and oxygen atoms in total. The lowest BCUT2D eigenvalue weighted by molar-refractivity contribution is -0.137. The zero-order valence-electron chi connectivity index (χ0n) is 19.2. The van der Waals surface area contributed by atoms with Gasteiger partial charge in [0.15, 0.2) is 5.78 Å². The average molecular weight is 385 g/mol. The fraction of sp³-hybridized carbons (Fsp3) is 0.913. The van der Waals surface area contributed by atoms with Gasteiger partial charge in [-0.2, -0.15) is 0 Å². The fourth-order valence-electron chi connectivity index (χ4n) is 3.20. The highest BCUT2D eigenvalue weighted by Gasteiger charge is 2.28. The molecule has 0 spiro atoms. The van der Waals surface area contributed by atoms with Gasteiger partial charge in [-0.25, -0.2) is 0 Å². The van der Waals surface area contributed by atoms with Gasteiger partial charge >= 0.3 is 0 Å². The first-order valence-corrected chi connectivity index (χ1v) is 10.8. The van der Waals surface area contributed by atoms with Crippen LogP contribution in [0.4, 0.5) is 0 Å². The summed E-state index contributed by atoms with van der Waals surface area (Å²) in [5.41, 5.74) is -0.893. The van der Waals surface area contributed by atoms with Gasteiger partial charge in [-0.1, -0.05) is 40.5 Å². The number of hydrogen-bond donors (Lipinski definition) is 0. The normalized spacial score (nSPS) is 14.8. The van der Waals surface area contributed by atoms with Crippen molar-refractivity contribution in [2.24, 2.45) is 11.8 Å². The molecule has 27 heavy (non-hydrogen) atoms. The molecule has 0 saturated heterocycles. The van der Waals surface area contributed by atoms with Crippen LogP contribution in [0.5, 0.6) is 0 Å². The Bertz CT molecular complexity index is 440. The second-order valence-corrected chi connectivity index (χ2v) is 9.10. The minimum atomic E-state index is -0.472.